The third kappa shape index (κ3) is 4.50. The molecule has 2 aromatic heterocycles. The number of nitrogens with zero attached hydrogens (tertiary/aromatic N) is 2. The van der Waals surface area contributed by atoms with Gasteiger partial charge in [0.25, 0.3) is 0 Å². The molecule has 0 saturated heterocycles. The fourth-order valence-corrected chi connectivity index (χ4v) is 7.83. The van der Waals surface area contributed by atoms with E-state index in [2.05, 4.69) is 203 Å². The number of benzene rings is 8. The highest BCUT2D eigenvalue weighted by molar-refractivity contribution is 6.10. The topological polar surface area (TPSA) is 9.86 Å². The molecular formula is C48H32N2. The maximum absolute atomic E-state index is 2.37. The Morgan fingerprint density at radius 2 is 0.600 bits per heavy atom. The van der Waals surface area contributed by atoms with Gasteiger partial charge in [0.15, 0.2) is 0 Å². The fraction of sp³-hybridized carbons (Fsp3) is 0. The molecule has 234 valence electrons. The molecule has 50 heavy (non-hydrogen) atoms. The minimum absolute atomic E-state index is 1.16. The fourth-order valence-electron chi connectivity index (χ4n) is 7.83. The highest BCUT2D eigenvalue weighted by Gasteiger charge is 2.15. The van der Waals surface area contributed by atoms with Crippen molar-refractivity contribution in [3.8, 4) is 44.8 Å². The predicted octanol–water partition coefficient (Wildman–Crippen LogP) is 12.9. The van der Waals surface area contributed by atoms with Crippen molar-refractivity contribution in [2.75, 3.05) is 0 Å². The summed E-state index contributed by atoms with van der Waals surface area (Å²) < 4.78 is 4.74. The van der Waals surface area contributed by atoms with Gasteiger partial charge >= 0.3 is 0 Å². The second kappa shape index (κ2) is 11.5. The first kappa shape index (κ1) is 28.4. The Morgan fingerprint density at radius 1 is 0.240 bits per heavy atom. The van der Waals surface area contributed by atoms with E-state index >= 15 is 0 Å². The molecule has 10 rings (SSSR count). The summed E-state index contributed by atoms with van der Waals surface area (Å²) in [6.45, 7) is 0. The van der Waals surface area contributed by atoms with Crippen molar-refractivity contribution in [1.29, 1.82) is 0 Å². The van der Waals surface area contributed by atoms with E-state index in [1.807, 2.05) is 0 Å². The lowest BCUT2D eigenvalue weighted by molar-refractivity contribution is 1.18. The highest BCUT2D eigenvalue weighted by Crippen LogP contribution is 2.38. The molecule has 2 nitrogen and oxygen atoms in total. The van der Waals surface area contributed by atoms with Gasteiger partial charge in [-0.25, -0.2) is 0 Å². The average Bonchev–Trinajstić information content (AvgIpc) is 3.71. The third-order valence-electron chi connectivity index (χ3n) is 10.2. The smallest absolute Gasteiger partial charge is 0.0541 e. The molecule has 10 aromatic rings. The summed E-state index contributed by atoms with van der Waals surface area (Å²) in [4.78, 5) is 0. The maximum Gasteiger partial charge on any atom is 0.0541 e. The quantitative estimate of drug-likeness (QED) is 0.178. The van der Waals surface area contributed by atoms with Gasteiger partial charge in [0.2, 0.25) is 0 Å². The molecule has 2 heterocycles. The van der Waals surface area contributed by atoms with Crippen LogP contribution in [0.4, 0.5) is 0 Å². The van der Waals surface area contributed by atoms with Crippen molar-refractivity contribution in [3.05, 3.63) is 194 Å². The molecule has 0 amide bonds. The van der Waals surface area contributed by atoms with Crippen LogP contribution in [0.1, 0.15) is 0 Å². The van der Waals surface area contributed by atoms with Crippen molar-refractivity contribution in [1.82, 2.24) is 9.13 Å². The summed E-state index contributed by atoms with van der Waals surface area (Å²) in [5, 5.41) is 5.10. The maximum atomic E-state index is 2.37. The number of hydrogen-bond acceptors (Lipinski definition) is 0. The van der Waals surface area contributed by atoms with Crippen LogP contribution in [0.15, 0.2) is 194 Å². The van der Waals surface area contributed by atoms with Gasteiger partial charge in [0.1, 0.15) is 0 Å². The van der Waals surface area contributed by atoms with E-state index in [9.17, 15) is 0 Å². The van der Waals surface area contributed by atoms with Crippen LogP contribution in [0, 0.1) is 0 Å². The van der Waals surface area contributed by atoms with E-state index < -0.39 is 0 Å². The van der Waals surface area contributed by atoms with Crippen molar-refractivity contribution in [2.24, 2.45) is 0 Å². The summed E-state index contributed by atoms with van der Waals surface area (Å²) in [6, 6.07) is 70.4. The number of para-hydroxylation sites is 4. The van der Waals surface area contributed by atoms with Gasteiger partial charge in [-0.15, -0.1) is 0 Å². The van der Waals surface area contributed by atoms with Gasteiger partial charge < -0.3 is 9.13 Å². The van der Waals surface area contributed by atoms with Crippen molar-refractivity contribution < 1.29 is 0 Å². The zero-order valence-corrected chi connectivity index (χ0v) is 27.4. The molecule has 0 spiro atoms. The van der Waals surface area contributed by atoms with Crippen molar-refractivity contribution >= 4 is 43.6 Å². The first-order valence-corrected chi connectivity index (χ1v) is 17.2. The molecule has 0 bridgehead atoms. The Bertz CT molecular complexity index is 2730. The van der Waals surface area contributed by atoms with Crippen LogP contribution in [0.25, 0.3) is 88.4 Å². The van der Waals surface area contributed by atoms with Gasteiger partial charge in [-0.2, -0.15) is 0 Å². The minimum Gasteiger partial charge on any atom is -0.309 e. The first-order valence-electron chi connectivity index (χ1n) is 17.2. The average molecular weight is 637 g/mol. The molecular weight excluding hydrogens is 605 g/mol. The van der Waals surface area contributed by atoms with Crippen LogP contribution >= 0.6 is 0 Å². The second-order valence-electron chi connectivity index (χ2n) is 13.0. The van der Waals surface area contributed by atoms with Crippen LogP contribution in [-0.4, -0.2) is 9.13 Å². The molecule has 0 unspecified atom stereocenters. The number of fused-ring (bicyclic) bond motifs is 6. The SMILES string of the molecule is c1ccc(-c2cc(-c3ccc(-n4c5ccccc5c5ccccc54)cc3)ccc2-c2ccc(-n3c4ccccc4c4ccccc43)cc2)cc1. The van der Waals surface area contributed by atoms with E-state index in [-0.39, 0.29) is 0 Å². The van der Waals surface area contributed by atoms with Crippen molar-refractivity contribution in [2.45, 2.75) is 0 Å². The van der Waals surface area contributed by atoms with Gasteiger partial charge in [-0.1, -0.05) is 140 Å². The molecule has 2 heteroatoms. The van der Waals surface area contributed by atoms with Crippen LogP contribution in [-0.2, 0) is 0 Å². The van der Waals surface area contributed by atoms with Gasteiger partial charge in [-0.05, 0) is 88.0 Å². The Kier molecular flexibility index (Phi) is 6.53. The Labute approximate surface area is 290 Å². The molecule has 0 radical (unpaired) electrons. The zero-order valence-electron chi connectivity index (χ0n) is 27.4. The number of aromatic nitrogens is 2. The summed E-state index contributed by atoms with van der Waals surface area (Å²) >= 11 is 0. The molecule has 8 aromatic carbocycles. The molecule has 0 aliphatic rings. The third-order valence-corrected chi connectivity index (χ3v) is 10.2. The van der Waals surface area contributed by atoms with Crippen LogP contribution in [0.2, 0.25) is 0 Å². The first-order chi connectivity index (χ1) is 24.8. The largest absolute Gasteiger partial charge is 0.309 e. The second-order valence-corrected chi connectivity index (χ2v) is 13.0. The standard InChI is InChI=1S/C48H32N2/c1-2-12-34(13-3-1)44-32-36(33-22-27-37(28-23-33)49-45-18-8-4-14-40(45)41-15-5-9-19-46(41)49)26-31-39(44)35-24-29-38(30-25-35)50-47-20-10-6-16-42(47)43-17-7-11-21-48(43)50/h1-32H. The number of rotatable bonds is 5. The van der Waals surface area contributed by atoms with E-state index in [1.54, 1.807) is 0 Å². The van der Waals surface area contributed by atoms with E-state index in [0.29, 0.717) is 0 Å². The van der Waals surface area contributed by atoms with Crippen LogP contribution in [0.3, 0.4) is 0 Å². The van der Waals surface area contributed by atoms with Crippen LogP contribution in [0.5, 0.6) is 0 Å². The molecule has 0 N–H and O–H groups in total. The lowest BCUT2D eigenvalue weighted by Crippen LogP contribution is -1.94. The van der Waals surface area contributed by atoms with E-state index in [1.165, 1.54) is 77.0 Å². The number of hydrogen-bond donors (Lipinski definition) is 0. The zero-order chi connectivity index (χ0) is 33.0. The van der Waals surface area contributed by atoms with Gasteiger partial charge in [0.05, 0.1) is 22.1 Å². The molecule has 0 aliphatic heterocycles. The Morgan fingerprint density at radius 3 is 1.06 bits per heavy atom. The highest BCUT2D eigenvalue weighted by atomic mass is 15.0. The Hall–Kier alpha value is -6.64. The van der Waals surface area contributed by atoms with E-state index in [0.717, 1.165) is 11.4 Å². The molecule has 0 atom stereocenters. The lowest BCUT2D eigenvalue weighted by atomic mass is 9.91. The Balaban J connectivity index is 1.05. The minimum atomic E-state index is 1.16. The van der Waals surface area contributed by atoms with Gasteiger partial charge in [0, 0.05) is 32.9 Å². The lowest BCUT2D eigenvalue weighted by Gasteiger charge is -2.15. The van der Waals surface area contributed by atoms with Gasteiger partial charge in [-0.3, -0.25) is 0 Å². The normalized spacial score (nSPS) is 11.6. The van der Waals surface area contributed by atoms with Crippen LogP contribution < -0.4 is 0 Å². The van der Waals surface area contributed by atoms with E-state index in [4.69, 9.17) is 0 Å². The molecule has 0 fully saturated rings. The molecule has 0 saturated carbocycles. The summed E-state index contributed by atoms with van der Waals surface area (Å²) in [5.74, 6) is 0. The van der Waals surface area contributed by atoms with Crippen molar-refractivity contribution in [3.63, 3.8) is 0 Å². The predicted molar refractivity (Wildman–Crippen MR) is 211 cm³/mol. The monoisotopic (exact) mass is 636 g/mol. The summed E-state index contributed by atoms with van der Waals surface area (Å²) in [5.41, 5.74) is 14.4. The summed E-state index contributed by atoms with van der Waals surface area (Å²) in [6.07, 6.45) is 0. The summed E-state index contributed by atoms with van der Waals surface area (Å²) in [7, 11) is 0. The molecule has 0 aliphatic carbocycles.